The van der Waals surface area contributed by atoms with Crippen LogP contribution in [0.25, 0.3) is 0 Å². The van der Waals surface area contributed by atoms with E-state index in [1.807, 2.05) is 6.07 Å². The number of hydrogen-bond acceptors (Lipinski definition) is 2. The zero-order chi connectivity index (χ0) is 12.4. The quantitative estimate of drug-likeness (QED) is 0.922. The number of nitrogens with zero attached hydrogens (tertiary/aromatic N) is 1. The monoisotopic (exact) mass is 300 g/mol. The molecule has 2 nitrogen and oxygen atoms in total. The molecular formula is C13H18BrFN2. The first kappa shape index (κ1) is 12.8. The summed E-state index contributed by atoms with van der Waals surface area (Å²) in [6.07, 6.45) is 1.07. The van der Waals surface area contributed by atoms with Crippen molar-refractivity contribution in [1.29, 1.82) is 0 Å². The summed E-state index contributed by atoms with van der Waals surface area (Å²) in [5, 5.41) is 3.50. The summed E-state index contributed by atoms with van der Waals surface area (Å²) in [7, 11) is 0. The smallest absolute Gasteiger partial charge is 0.147 e. The molecule has 2 rings (SSSR count). The first-order valence-corrected chi connectivity index (χ1v) is 6.82. The lowest BCUT2D eigenvalue weighted by Crippen LogP contribution is -2.37. The van der Waals surface area contributed by atoms with Gasteiger partial charge in [0.25, 0.3) is 0 Å². The third-order valence-electron chi connectivity index (χ3n) is 3.01. The number of benzene rings is 1. The largest absolute Gasteiger partial charge is 0.367 e. The molecular weight excluding hydrogens is 283 g/mol. The number of para-hydroxylation sites is 1. The number of nitrogens with one attached hydrogen (secondary N) is 1. The van der Waals surface area contributed by atoms with Crippen molar-refractivity contribution in [2.45, 2.75) is 32.4 Å². The third-order valence-corrected chi connectivity index (χ3v) is 3.65. The van der Waals surface area contributed by atoms with E-state index in [9.17, 15) is 4.39 Å². The highest BCUT2D eigenvalue weighted by Crippen LogP contribution is 2.31. The van der Waals surface area contributed by atoms with Gasteiger partial charge in [0.05, 0.1) is 5.69 Å². The van der Waals surface area contributed by atoms with Gasteiger partial charge in [0, 0.05) is 29.6 Å². The average Bonchev–Trinajstić information content (AvgIpc) is 2.65. The third kappa shape index (κ3) is 2.99. The van der Waals surface area contributed by atoms with Crippen molar-refractivity contribution in [3.8, 4) is 0 Å². The van der Waals surface area contributed by atoms with Crippen LogP contribution < -0.4 is 10.2 Å². The minimum Gasteiger partial charge on any atom is -0.367 e. The molecule has 0 aromatic heterocycles. The van der Waals surface area contributed by atoms with Gasteiger partial charge in [0.15, 0.2) is 0 Å². The standard InChI is InChI=1S/C13H18BrFN2/c1-9(2)16-10-6-7-17(8-10)13-11(14)4-3-5-12(13)15/h3-5,9-10,16H,6-8H2,1-2H3. The molecule has 17 heavy (non-hydrogen) atoms. The van der Waals surface area contributed by atoms with Crippen LogP contribution >= 0.6 is 15.9 Å². The molecule has 1 atom stereocenters. The van der Waals surface area contributed by atoms with Gasteiger partial charge in [-0.3, -0.25) is 0 Å². The SMILES string of the molecule is CC(C)NC1CCN(c2c(F)cccc2Br)C1. The van der Waals surface area contributed by atoms with Crippen molar-refractivity contribution in [2.75, 3.05) is 18.0 Å². The fourth-order valence-corrected chi connectivity index (χ4v) is 2.95. The highest BCUT2D eigenvalue weighted by molar-refractivity contribution is 9.10. The Morgan fingerprint density at radius 2 is 2.24 bits per heavy atom. The molecule has 0 spiro atoms. The normalized spacial score (nSPS) is 20.3. The zero-order valence-electron chi connectivity index (χ0n) is 10.2. The molecule has 4 heteroatoms. The second-order valence-corrected chi connectivity index (χ2v) is 5.68. The van der Waals surface area contributed by atoms with E-state index in [0.29, 0.717) is 17.8 Å². The molecule has 1 fully saturated rings. The molecule has 1 unspecified atom stereocenters. The maximum Gasteiger partial charge on any atom is 0.147 e. The Balaban J connectivity index is 2.10. The van der Waals surface area contributed by atoms with E-state index in [1.54, 1.807) is 6.07 Å². The van der Waals surface area contributed by atoms with Crippen molar-refractivity contribution in [2.24, 2.45) is 0 Å². The fraction of sp³-hybridized carbons (Fsp3) is 0.538. The predicted octanol–water partition coefficient (Wildman–Crippen LogP) is 3.16. The van der Waals surface area contributed by atoms with E-state index in [1.165, 1.54) is 6.07 Å². The van der Waals surface area contributed by atoms with Gasteiger partial charge < -0.3 is 10.2 Å². The fourth-order valence-electron chi connectivity index (χ4n) is 2.36. The van der Waals surface area contributed by atoms with Crippen molar-refractivity contribution in [3.05, 3.63) is 28.5 Å². The van der Waals surface area contributed by atoms with E-state index in [0.717, 1.165) is 24.0 Å². The molecule has 1 aromatic rings. The molecule has 1 N–H and O–H groups in total. The van der Waals surface area contributed by atoms with Gasteiger partial charge in [0.2, 0.25) is 0 Å². The Morgan fingerprint density at radius 1 is 1.47 bits per heavy atom. The van der Waals surface area contributed by atoms with Gasteiger partial charge in [-0.2, -0.15) is 0 Å². The summed E-state index contributed by atoms with van der Waals surface area (Å²) in [4.78, 5) is 2.11. The minimum atomic E-state index is -0.149. The molecule has 0 aliphatic carbocycles. The first-order valence-electron chi connectivity index (χ1n) is 6.03. The highest BCUT2D eigenvalue weighted by atomic mass is 79.9. The van der Waals surface area contributed by atoms with E-state index >= 15 is 0 Å². The van der Waals surface area contributed by atoms with Gasteiger partial charge in [-0.05, 0) is 34.5 Å². The lowest BCUT2D eigenvalue weighted by Gasteiger charge is -2.21. The topological polar surface area (TPSA) is 15.3 Å². The number of hydrogen-bond donors (Lipinski definition) is 1. The molecule has 0 bridgehead atoms. The van der Waals surface area contributed by atoms with Gasteiger partial charge in [-0.1, -0.05) is 19.9 Å². The molecule has 1 aromatic carbocycles. The maximum atomic E-state index is 13.8. The Kier molecular flexibility index (Phi) is 4.05. The molecule has 0 amide bonds. The molecule has 0 saturated carbocycles. The summed E-state index contributed by atoms with van der Waals surface area (Å²) in [5.41, 5.74) is 0.695. The van der Waals surface area contributed by atoms with E-state index in [2.05, 4.69) is 40.0 Å². The molecule has 94 valence electrons. The summed E-state index contributed by atoms with van der Waals surface area (Å²) in [6.45, 7) is 6.06. The van der Waals surface area contributed by atoms with Gasteiger partial charge in [0.1, 0.15) is 5.82 Å². The van der Waals surface area contributed by atoms with Gasteiger partial charge in [-0.25, -0.2) is 4.39 Å². The van der Waals surface area contributed by atoms with Crippen LogP contribution in [0.2, 0.25) is 0 Å². The Labute approximate surface area is 110 Å². The molecule has 1 aliphatic heterocycles. The van der Waals surface area contributed by atoms with Crippen LogP contribution in [-0.4, -0.2) is 25.2 Å². The van der Waals surface area contributed by atoms with Crippen LogP contribution in [0.1, 0.15) is 20.3 Å². The van der Waals surface area contributed by atoms with Gasteiger partial charge >= 0.3 is 0 Å². The summed E-state index contributed by atoms with van der Waals surface area (Å²) < 4.78 is 14.6. The number of anilines is 1. The second kappa shape index (κ2) is 5.36. The highest BCUT2D eigenvalue weighted by Gasteiger charge is 2.25. The average molecular weight is 301 g/mol. The lowest BCUT2D eigenvalue weighted by molar-refractivity contribution is 0.491. The Hall–Kier alpha value is -0.610. The van der Waals surface area contributed by atoms with Crippen LogP contribution in [0.5, 0.6) is 0 Å². The molecule has 1 saturated heterocycles. The van der Waals surface area contributed by atoms with Crippen LogP contribution in [0.15, 0.2) is 22.7 Å². The van der Waals surface area contributed by atoms with Crippen molar-refractivity contribution < 1.29 is 4.39 Å². The molecule has 1 aliphatic rings. The number of halogens is 2. The van der Waals surface area contributed by atoms with Crippen molar-refractivity contribution >= 4 is 21.6 Å². The Morgan fingerprint density at radius 3 is 2.88 bits per heavy atom. The van der Waals surface area contributed by atoms with Gasteiger partial charge in [-0.15, -0.1) is 0 Å². The second-order valence-electron chi connectivity index (χ2n) is 4.82. The summed E-state index contributed by atoms with van der Waals surface area (Å²) in [5.74, 6) is -0.149. The minimum absolute atomic E-state index is 0.149. The van der Waals surface area contributed by atoms with Crippen LogP contribution in [0.4, 0.5) is 10.1 Å². The lowest BCUT2D eigenvalue weighted by atomic mass is 10.2. The van der Waals surface area contributed by atoms with Crippen LogP contribution in [0.3, 0.4) is 0 Å². The predicted molar refractivity (Wildman–Crippen MR) is 73.0 cm³/mol. The van der Waals surface area contributed by atoms with Crippen LogP contribution in [-0.2, 0) is 0 Å². The molecule has 1 heterocycles. The number of rotatable bonds is 3. The Bertz CT molecular complexity index is 375. The van der Waals surface area contributed by atoms with Crippen LogP contribution in [0, 0.1) is 5.82 Å². The van der Waals surface area contributed by atoms with E-state index in [-0.39, 0.29) is 5.82 Å². The first-order chi connectivity index (χ1) is 8.08. The molecule has 0 radical (unpaired) electrons. The summed E-state index contributed by atoms with van der Waals surface area (Å²) >= 11 is 3.43. The zero-order valence-corrected chi connectivity index (χ0v) is 11.8. The van der Waals surface area contributed by atoms with E-state index in [4.69, 9.17) is 0 Å². The van der Waals surface area contributed by atoms with Crippen molar-refractivity contribution in [1.82, 2.24) is 5.32 Å². The van der Waals surface area contributed by atoms with Crippen molar-refractivity contribution in [3.63, 3.8) is 0 Å². The summed E-state index contributed by atoms with van der Waals surface area (Å²) in [6, 6.07) is 6.07. The maximum absolute atomic E-state index is 13.8. The van der Waals surface area contributed by atoms with E-state index < -0.39 is 0 Å².